The summed E-state index contributed by atoms with van der Waals surface area (Å²) in [5, 5.41) is 27.7. The van der Waals surface area contributed by atoms with Gasteiger partial charge in [-0.15, -0.1) is 0 Å². The van der Waals surface area contributed by atoms with E-state index in [0.717, 1.165) is 0 Å². The Bertz CT molecular complexity index is 1150. The molecule has 0 spiro atoms. The molecule has 11 heteroatoms. The van der Waals surface area contributed by atoms with Crippen molar-refractivity contribution in [3.63, 3.8) is 0 Å². The summed E-state index contributed by atoms with van der Waals surface area (Å²) in [4.78, 5) is 23.5. The minimum absolute atomic E-state index is 0.0159. The van der Waals surface area contributed by atoms with Gasteiger partial charge in [0, 0.05) is 23.9 Å². The van der Waals surface area contributed by atoms with Crippen molar-refractivity contribution in [2.75, 3.05) is 25.1 Å². The van der Waals surface area contributed by atoms with E-state index in [0.29, 0.717) is 33.5 Å². The second-order valence-electron chi connectivity index (χ2n) is 7.79. The highest BCUT2D eigenvalue weighted by molar-refractivity contribution is 6.32. The van der Waals surface area contributed by atoms with Gasteiger partial charge in [0.2, 0.25) is 5.91 Å². The van der Waals surface area contributed by atoms with E-state index in [1.807, 2.05) is 13.8 Å². The van der Waals surface area contributed by atoms with Gasteiger partial charge < -0.3 is 34.8 Å². The fourth-order valence-electron chi connectivity index (χ4n) is 2.89. The lowest BCUT2D eigenvalue weighted by Crippen LogP contribution is -2.36. The van der Waals surface area contributed by atoms with Crippen LogP contribution < -0.4 is 20.1 Å². The van der Waals surface area contributed by atoms with Crippen LogP contribution in [0.25, 0.3) is 11.3 Å². The van der Waals surface area contributed by atoms with Crippen molar-refractivity contribution in [3.8, 4) is 22.8 Å². The standard InChI is InChI=1S/C24H26ClN3O7/c1-14(2)34-21-8-3-15(9-19(21)25)22-10-20(28-35-22)24(32)27-16-4-6-18(7-5-16)33-13-17(30)11-26-23(31)12-29/h3-10,14,17,29-30H,11-13H2,1-2H3,(H,26,31)(H,27,32). The van der Waals surface area contributed by atoms with Crippen molar-refractivity contribution in [2.45, 2.75) is 26.1 Å². The minimum Gasteiger partial charge on any atom is -0.491 e. The van der Waals surface area contributed by atoms with Gasteiger partial charge in [-0.05, 0) is 56.3 Å². The highest BCUT2D eigenvalue weighted by atomic mass is 35.5. The first-order valence-corrected chi connectivity index (χ1v) is 11.2. The molecule has 0 aliphatic heterocycles. The molecular formula is C24H26ClN3O7. The molecule has 3 rings (SSSR count). The number of aromatic nitrogens is 1. The van der Waals surface area contributed by atoms with Crippen molar-refractivity contribution >= 4 is 29.1 Å². The molecule has 4 N–H and O–H groups in total. The molecule has 0 bridgehead atoms. The maximum atomic E-state index is 12.6. The Morgan fingerprint density at radius 3 is 2.54 bits per heavy atom. The number of nitrogens with one attached hydrogen (secondary N) is 2. The molecule has 10 nitrogen and oxygen atoms in total. The van der Waals surface area contributed by atoms with E-state index in [1.165, 1.54) is 6.07 Å². The van der Waals surface area contributed by atoms with Crippen molar-refractivity contribution in [1.82, 2.24) is 10.5 Å². The van der Waals surface area contributed by atoms with Gasteiger partial charge in [-0.3, -0.25) is 9.59 Å². The van der Waals surface area contributed by atoms with Gasteiger partial charge in [0.05, 0.1) is 11.1 Å². The van der Waals surface area contributed by atoms with Crippen molar-refractivity contribution in [3.05, 3.63) is 59.2 Å². The molecule has 0 fully saturated rings. The Labute approximate surface area is 206 Å². The van der Waals surface area contributed by atoms with Gasteiger partial charge in [0.25, 0.3) is 5.91 Å². The second-order valence-corrected chi connectivity index (χ2v) is 8.20. The normalized spacial score (nSPS) is 11.7. The lowest BCUT2D eigenvalue weighted by Gasteiger charge is -2.13. The van der Waals surface area contributed by atoms with Gasteiger partial charge in [-0.1, -0.05) is 16.8 Å². The number of aliphatic hydroxyl groups is 2. The van der Waals surface area contributed by atoms with Crippen LogP contribution in [0.4, 0.5) is 5.69 Å². The monoisotopic (exact) mass is 503 g/mol. The van der Waals surface area contributed by atoms with Crippen molar-refractivity contribution in [1.29, 1.82) is 0 Å². The maximum absolute atomic E-state index is 12.6. The number of aliphatic hydroxyl groups excluding tert-OH is 2. The van der Waals surface area contributed by atoms with Crippen LogP contribution in [0.15, 0.2) is 53.1 Å². The van der Waals surface area contributed by atoms with Crippen LogP contribution in [-0.4, -0.2) is 59.2 Å². The Hall–Kier alpha value is -3.60. The molecule has 1 aromatic heterocycles. The number of carbonyl (C=O) groups excluding carboxylic acids is 2. The highest BCUT2D eigenvalue weighted by Gasteiger charge is 2.16. The van der Waals surface area contributed by atoms with Gasteiger partial charge in [0.1, 0.15) is 30.8 Å². The first-order valence-electron chi connectivity index (χ1n) is 10.8. The van der Waals surface area contributed by atoms with Crippen LogP contribution in [-0.2, 0) is 4.79 Å². The quantitative estimate of drug-likeness (QED) is 0.313. The third-order valence-corrected chi connectivity index (χ3v) is 4.85. The molecule has 0 radical (unpaired) electrons. The molecule has 1 heterocycles. The van der Waals surface area contributed by atoms with E-state index in [2.05, 4.69) is 15.8 Å². The lowest BCUT2D eigenvalue weighted by molar-refractivity contribution is -0.124. The average Bonchev–Trinajstić information content (AvgIpc) is 3.33. The summed E-state index contributed by atoms with van der Waals surface area (Å²) in [5.74, 6) is 0.348. The molecule has 35 heavy (non-hydrogen) atoms. The average molecular weight is 504 g/mol. The van der Waals surface area contributed by atoms with Crippen LogP contribution in [0.1, 0.15) is 24.3 Å². The minimum atomic E-state index is -0.944. The maximum Gasteiger partial charge on any atom is 0.277 e. The lowest BCUT2D eigenvalue weighted by atomic mass is 10.1. The zero-order valence-electron chi connectivity index (χ0n) is 19.2. The predicted molar refractivity (Wildman–Crippen MR) is 129 cm³/mol. The van der Waals surface area contributed by atoms with E-state index in [1.54, 1.807) is 42.5 Å². The topological polar surface area (TPSA) is 143 Å². The molecule has 0 aliphatic rings. The van der Waals surface area contributed by atoms with Gasteiger partial charge in [-0.25, -0.2) is 0 Å². The van der Waals surface area contributed by atoms with E-state index >= 15 is 0 Å². The molecule has 0 aliphatic carbocycles. The molecule has 0 saturated heterocycles. The molecule has 1 atom stereocenters. The fraction of sp³-hybridized carbons (Fsp3) is 0.292. The van der Waals surface area contributed by atoms with Gasteiger partial charge in [0.15, 0.2) is 11.5 Å². The molecule has 2 amide bonds. The molecule has 2 aromatic carbocycles. The van der Waals surface area contributed by atoms with E-state index in [9.17, 15) is 14.7 Å². The number of hydrogen-bond donors (Lipinski definition) is 4. The molecular weight excluding hydrogens is 478 g/mol. The summed E-state index contributed by atoms with van der Waals surface area (Å²) in [7, 11) is 0. The zero-order chi connectivity index (χ0) is 25.4. The Balaban J connectivity index is 1.54. The second kappa shape index (κ2) is 12.2. The molecule has 186 valence electrons. The number of benzene rings is 2. The van der Waals surface area contributed by atoms with Crippen LogP contribution in [0.2, 0.25) is 5.02 Å². The molecule has 0 saturated carbocycles. The van der Waals surface area contributed by atoms with E-state index in [4.69, 9.17) is 30.7 Å². The number of rotatable bonds is 11. The summed E-state index contributed by atoms with van der Waals surface area (Å²) in [6, 6.07) is 13.2. The van der Waals surface area contributed by atoms with Crippen molar-refractivity contribution in [2.24, 2.45) is 0 Å². The number of ether oxygens (including phenoxy) is 2. The number of carbonyl (C=O) groups is 2. The first-order chi connectivity index (χ1) is 16.7. The van der Waals surface area contributed by atoms with Crippen LogP contribution >= 0.6 is 11.6 Å². The van der Waals surface area contributed by atoms with Gasteiger partial charge >= 0.3 is 0 Å². The number of amides is 2. The summed E-state index contributed by atoms with van der Waals surface area (Å²) < 4.78 is 16.4. The summed E-state index contributed by atoms with van der Waals surface area (Å²) in [5.41, 5.74) is 1.24. The molecule has 1 unspecified atom stereocenters. The number of halogens is 1. The number of anilines is 1. The SMILES string of the molecule is CC(C)Oc1ccc(-c2cc(C(=O)Nc3ccc(OCC(O)CNC(=O)CO)cc3)no2)cc1Cl. The van der Waals surface area contributed by atoms with Crippen LogP contribution in [0, 0.1) is 0 Å². The summed E-state index contributed by atoms with van der Waals surface area (Å²) >= 11 is 6.27. The zero-order valence-corrected chi connectivity index (χ0v) is 19.9. The summed E-state index contributed by atoms with van der Waals surface area (Å²) in [6.45, 7) is 3.05. The van der Waals surface area contributed by atoms with E-state index < -0.39 is 24.5 Å². The third kappa shape index (κ3) is 7.71. The summed E-state index contributed by atoms with van der Waals surface area (Å²) in [6.07, 6.45) is -0.960. The van der Waals surface area contributed by atoms with Crippen molar-refractivity contribution < 1.29 is 33.8 Å². The Morgan fingerprint density at radius 1 is 1.14 bits per heavy atom. The van der Waals surface area contributed by atoms with Crippen LogP contribution in [0.5, 0.6) is 11.5 Å². The van der Waals surface area contributed by atoms with Gasteiger partial charge in [-0.2, -0.15) is 0 Å². The predicted octanol–water partition coefficient (Wildman–Crippen LogP) is 2.88. The highest BCUT2D eigenvalue weighted by Crippen LogP contribution is 2.31. The largest absolute Gasteiger partial charge is 0.491 e. The smallest absolute Gasteiger partial charge is 0.277 e. The Morgan fingerprint density at radius 2 is 1.89 bits per heavy atom. The first kappa shape index (κ1) is 26.0. The number of nitrogens with zero attached hydrogens (tertiary/aromatic N) is 1. The number of hydrogen-bond acceptors (Lipinski definition) is 8. The molecule has 3 aromatic rings. The Kier molecular flexibility index (Phi) is 9.07. The van der Waals surface area contributed by atoms with E-state index in [-0.39, 0.29) is 24.9 Å². The fourth-order valence-corrected chi connectivity index (χ4v) is 3.12. The van der Waals surface area contributed by atoms with Crippen LogP contribution in [0.3, 0.4) is 0 Å². The third-order valence-electron chi connectivity index (χ3n) is 4.55.